The van der Waals surface area contributed by atoms with E-state index >= 15 is 0 Å². The maximum Gasteiger partial charge on any atom is 0.355 e. The first-order valence-corrected chi connectivity index (χ1v) is 10.9. The molecule has 0 bridgehead atoms. The van der Waals surface area contributed by atoms with Crippen LogP contribution in [-0.2, 0) is 14.3 Å². The molecule has 0 unspecified atom stereocenters. The van der Waals surface area contributed by atoms with Crippen molar-refractivity contribution in [1.82, 2.24) is 4.98 Å². The summed E-state index contributed by atoms with van der Waals surface area (Å²) >= 11 is 0. The molecule has 0 fully saturated rings. The van der Waals surface area contributed by atoms with E-state index in [0.717, 1.165) is 0 Å². The largest absolute Gasteiger partial charge is 0.462 e. The average Bonchev–Trinajstić information content (AvgIpc) is 3.15. The van der Waals surface area contributed by atoms with E-state index in [0.29, 0.717) is 16.8 Å². The highest BCUT2D eigenvalue weighted by Crippen LogP contribution is 2.32. The van der Waals surface area contributed by atoms with Crippen LogP contribution in [0, 0.1) is 13.8 Å². The lowest BCUT2D eigenvalue weighted by Gasteiger charge is -2.20. The lowest BCUT2D eigenvalue weighted by molar-refractivity contribution is -0.119. The Morgan fingerprint density at radius 1 is 0.857 bits per heavy atom. The number of anilines is 1. The number of aryl methyl sites for hydroxylation is 1. The van der Waals surface area contributed by atoms with Crippen LogP contribution < -0.4 is 5.32 Å². The second kappa shape index (κ2) is 9.38. The van der Waals surface area contributed by atoms with Crippen molar-refractivity contribution in [2.75, 3.05) is 18.5 Å². The van der Waals surface area contributed by atoms with Crippen LogP contribution in [0.5, 0.6) is 0 Å². The Kier molecular flexibility index (Phi) is 6.33. The predicted octanol–water partition coefficient (Wildman–Crippen LogP) is 3.38. The van der Waals surface area contributed by atoms with Gasteiger partial charge in [-0.1, -0.05) is 36.4 Å². The van der Waals surface area contributed by atoms with Gasteiger partial charge in [0.15, 0.2) is 18.2 Å². The number of carbonyl (C=O) groups excluding carboxylic acids is 5. The van der Waals surface area contributed by atoms with Gasteiger partial charge in [0, 0.05) is 22.4 Å². The number of aromatic amines is 1. The number of hydrogen-bond donors (Lipinski definition) is 2. The Morgan fingerprint density at radius 3 is 2.20 bits per heavy atom. The molecular weight excluding hydrogens is 452 g/mol. The van der Waals surface area contributed by atoms with Crippen LogP contribution in [0.2, 0.25) is 0 Å². The minimum Gasteiger partial charge on any atom is -0.462 e. The summed E-state index contributed by atoms with van der Waals surface area (Å²) in [4.78, 5) is 65.9. The Labute approximate surface area is 200 Å². The first-order chi connectivity index (χ1) is 16.7. The lowest BCUT2D eigenvalue weighted by Crippen LogP contribution is -2.26. The van der Waals surface area contributed by atoms with E-state index < -0.39 is 24.5 Å². The fourth-order valence-corrected chi connectivity index (χ4v) is 4.10. The highest BCUT2D eigenvalue weighted by molar-refractivity contribution is 6.30. The monoisotopic (exact) mass is 474 g/mol. The zero-order valence-corrected chi connectivity index (χ0v) is 19.3. The van der Waals surface area contributed by atoms with E-state index in [2.05, 4.69) is 10.3 Å². The fraction of sp³-hybridized carbons (Fsp3) is 0.192. The second-order valence-corrected chi connectivity index (χ2v) is 7.90. The van der Waals surface area contributed by atoms with Gasteiger partial charge in [0.1, 0.15) is 5.69 Å². The number of esters is 2. The number of benzene rings is 2. The third-order valence-corrected chi connectivity index (χ3v) is 5.68. The third kappa shape index (κ3) is 4.23. The molecule has 1 aliphatic rings. The number of amides is 1. The Bertz CT molecular complexity index is 1400. The van der Waals surface area contributed by atoms with Crippen LogP contribution in [0.3, 0.4) is 0 Å². The van der Waals surface area contributed by atoms with Gasteiger partial charge in [-0.15, -0.1) is 0 Å². The zero-order chi connectivity index (χ0) is 25.3. The van der Waals surface area contributed by atoms with Crippen molar-refractivity contribution in [2.45, 2.75) is 20.8 Å². The summed E-state index contributed by atoms with van der Waals surface area (Å²) in [6, 6.07) is 11.1. The molecule has 1 amide bonds. The first-order valence-electron chi connectivity index (χ1n) is 10.9. The molecule has 1 heterocycles. The Morgan fingerprint density at radius 2 is 1.51 bits per heavy atom. The molecule has 0 saturated carbocycles. The van der Waals surface area contributed by atoms with Crippen molar-refractivity contribution in [1.29, 1.82) is 0 Å². The van der Waals surface area contributed by atoms with Gasteiger partial charge in [-0.2, -0.15) is 0 Å². The number of H-pyrrole nitrogens is 1. The van der Waals surface area contributed by atoms with Crippen molar-refractivity contribution in [3.63, 3.8) is 0 Å². The molecule has 0 aliphatic heterocycles. The molecule has 3 aromatic rings. The van der Waals surface area contributed by atoms with E-state index in [1.54, 1.807) is 51.1 Å². The highest BCUT2D eigenvalue weighted by atomic mass is 16.5. The topological polar surface area (TPSA) is 132 Å². The second-order valence-electron chi connectivity index (χ2n) is 7.90. The van der Waals surface area contributed by atoms with Crippen molar-refractivity contribution in [3.8, 4) is 0 Å². The molecule has 178 valence electrons. The summed E-state index contributed by atoms with van der Waals surface area (Å²) in [6.07, 6.45) is 0. The maximum absolute atomic E-state index is 13.0. The number of carbonyl (C=O) groups is 5. The molecule has 4 rings (SSSR count). The van der Waals surface area contributed by atoms with Crippen LogP contribution in [0.15, 0.2) is 42.5 Å². The number of ketones is 2. The van der Waals surface area contributed by atoms with Crippen LogP contribution in [-0.4, -0.2) is 47.6 Å². The highest BCUT2D eigenvalue weighted by Gasteiger charge is 2.32. The first kappa shape index (κ1) is 23.6. The van der Waals surface area contributed by atoms with E-state index in [9.17, 15) is 24.0 Å². The summed E-state index contributed by atoms with van der Waals surface area (Å²) in [6.45, 7) is 4.41. The van der Waals surface area contributed by atoms with Crippen molar-refractivity contribution in [2.24, 2.45) is 0 Å². The molecule has 0 spiro atoms. The normalized spacial score (nSPS) is 12.0. The molecular formula is C26H22N2O7. The SMILES string of the molecule is CCOC(=O)c1c(C)[nH]c(C(=O)OCC(=O)Nc2cccc3c2C(=O)c2ccccc2C3=O)c1C. The Balaban J connectivity index is 1.49. The van der Waals surface area contributed by atoms with E-state index in [4.69, 9.17) is 9.47 Å². The maximum atomic E-state index is 13.0. The number of nitrogens with one attached hydrogen (secondary N) is 2. The van der Waals surface area contributed by atoms with Gasteiger partial charge in [-0.05, 0) is 32.4 Å². The predicted molar refractivity (Wildman–Crippen MR) is 125 cm³/mol. The lowest BCUT2D eigenvalue weighted by atomic mass is 9.83. The number of ether oxygens (including phenoxy) is 2. The van der Waals surface area contributed by atoms with Gasteiger partial charge in [0.05, 0.1) is 23.4 Å². The van der Waals surface area contributed by atoms with Gasteiger partial charge in [0.25, 0.3) is 5.91 Å². The van der Waals surface area contributed by atoms with Crippen LogP contribution in [0.25, 0.3) is 0 Å². The van der Waals surface area contributed by atoms with Gasteiger partial charge < -0.3 is 19.8 Å². The number of aromatic nitrogens is 1. The fourth-order valence-electron chi connectivity index (χ4n) is 4.10. The summed E-state index contributed by atoms with van der Waals surface area (Å²) in [5.41, 5.74) is 2.05. The minimum absolute atomic E-state index is 0.0350. The smallest absolute Gasteiger partial charge is 0.355 e. The molecule has 9 nitrogen and oxygen atoms in total. The molecule has 9 heteroatoms. The summed E-state index contributed by atoms with van der Waals surface area (Å²) < 4.78 is 10.1. The molecule has 2 aromatic carbocycles. The number of fused-ring (bicyclic) bond motifs is 2. The van der Waals surface area contributed by atoms with E-state index in [1.165, 1.54) is 12.1 Å². The van der Waals surface area contributed by atoms with Crippen LogP contribution in [0.1, 0.15) is 70.9 Å². The Hall–Kier alpha value is -4.53. The molecule has 0 saturated heterocycles. The number of hydrogen-bond acceptors (Lipinski definition) is 7. The zero-order valence-electron chi connectivity index (χ0n) is 19.3. The average molecular weight is 474 g/mol. The molecule has 35 heavy (non-hydrogen) atoms. The third-order valence-electron chi connectivity index (χ3n) is 5.68. The molecule has 1 aliphatic carbocycles. The van der Waals surface area contributed by atoms with Gasteiger partial charge in [0.2, 0.25) is 0 Å². The summed E-state index contributed by atoms with van der Waals surface area (Å²) in [7, 11) is 0. The minimum atomic E-state index is -0.827. The van der Waals surface area contributed by atoms with Crippen LogP contribution >= 0.6 is 0 Å². The number of rotatable bonds is 6. The van der Waals surface area contributed by atoms with Gasteiger partial charge in [-0.25, -0.2) is 9.59 Å². The standard InChI is InChI=1S/C26H22N2O7/c1-4-34-25(32)20-13(2)22(27-14(20)3)26(33)35-12-19(29)28-18-11-7-10-17-21(18)24(31)16-9-6-5-8-15(16)23(17)30/h5-11,27H,4,12H2,1-3H3,(H,28,29). The molecule has 0 atom stereocenters. The molecule has 1 aromatic heterocycles. The quantitative estimate of drug-likeness (QED) is 0.410. The van der Waals surface area contributed by atoms with Gasteiger partial charge >= 0.3 is 11.9 Å². The van der Waals surface area contributed by atoms with Gasteiger partial charge in [-0.3, -0.25) is 14.4 Å². The van der Waals surface area contributed by atoms with Crippen LogP contribution in [0.4, 0.5) is 5.69 Å². The van der Waals surface area contributed by atoms with E-state index in [-0.39, 0.29) is 51.8 Å². The van der Waals surface area contributed by atoms with E-state index in [1.807, 2.05) is 0 Å². The summed E-state index contributed by atoms with van der Waals surface area (Å²) in [5.74, 6) is -2.78. The molecule has 2 N–H and O–H groups in total. The van der Waals surface area contributed by atoms with Crippen molar-refractivity contribution in [3.05, 3.63) is 87.2 Å². The van der Waals surface area contributed by atoms with Crippen molar-refractivity contribution < 1.29 is 33.4 Å². The summed E-state index contributed by atoms with van der Waals surface area (Å²) in [5, 5.41) is 2.55. The van der Waals surface area contributed by atoms with Crippen molar-refractivity contribution >= 4 is 35.1 Å². The molecule has 0 radical (unpaired) electrons.